The Hall–Kier alpha value is -2.98. The van der Waals surface area contributed by atoms with E-state index in [0.717, 1.165) is 5.56 Å². The van der Waals surface area contributed by atoms with Gasteiger partial charge in [0.15, 0.2) is 6.10 Å². The van der Waals surface area contributed by atoms with Gasteiger partial charge in [-0.05, 0) is 38.2 Å². The highest BCUT2D eigenvalue weighted by Gasteiger charge is 2.80. The lowest BCUT2D eigenvalue weighted by atomic mass is 9.48. The third-order valence-corrected chi connectivity index (χ3v) is 8.78. The number of hydrogen-bond donors (Lipinski definition) is 0. The van der Waals surface area contributed by atoms with E-state index in [1.807, 2.05) is 51.1 Å². The molecule has 2 aliphatic carbocycles. The molecule has 2 bridgehead atoms. The van der Waals surface area contributed by atoms with Crippen LogP contribution in [0, 0.1) is 17.3 Å². The zero-order valence-electron chi connectivity index (χ0n) is 24.3. The van der Waals surface area contributed by atoms with E-state index < -0.39 is 64.9 Å². The summed E-state index contributed by atoms with van der Waals surface area (Å²) in [6.07, 6.45) is -3.05. The number of rotatable bonds is 8. The second-order valence-corrected chi connectivity index (χ2v) is 11.8. The van der Waals surface area contributed by atoms with E-state index in [4.69, 9.17) is 28.4 Å². The van der Waals surface area contributed by atoms with Crippen LogP contribution in [0.15, 0.2) is 30.3 Å². The first-order valence-electron chi connectivity index (χ1n) is 13.7. The van der Waals surface area contributed by atoms with Gasteiger partial charge < -0.3 is 28.4 Å². The molecule has 8 atom stereocenters. The van der Waals surface area contributed by atoms with Crippen molar-refractivity contribution in [3.8, 4) is 0 Å². The lowest BCUT2D eigenvalue weighted by molar-refractivity contribution is -0.316. The maximum atomic E-state index is 12.6. The van der Waals surface area contributed by atoms with Gasteiger partial charge in [-0.25, -0.2) is 0 Å². The molecule has 3 aliphatic rings. The molecule has 1 aliphatic heterocycles. The van der Waals surface area contributed by atoms with Crippen molar-refractivity contribution in [2.75, 3.05) is 6.61 Å². The topological polar surface area (TPSA) is 124 Å². The molecule has 0 aromatic heterocycles. The number of hydrogen-bond acceptors (Lipinski definition) is 10. The van der Waals surface area contributed by atoms with Crippen LogP contribution in [0.3, 0.4) is 0 Å². The SMILES string of the molecule is CC(=O)OC[C@]12[C@@H](OCc3ccccc3)[C@@H](OC(C)=O)[C@@H]3C[C@]1(OC3(C)C)[C@H](C)C[C@H](OC(C)=O)[C@@H]2OC(C)=O. The molecule has 40 heavy (non-hydrogen) atoms. The van der Waals surface area contributed by atoms with Crippen LogP contribution in [-0.4, -0.2) is 66.1 Å². The standard InChI is InChI=1S/C30H40O10/c1-17-13-24(37-19(3)32)26(39-21(5)34)29(16-36-18(2)31)27(35-15-22-11-9-8-10-12-22)25(38-20(4)33)23-14-30(17,29)40-28(23,6)7/h8-12,17,23-27H,13-16H2,1-7H3/t17-,23+,24+,25+,26+,27+,29+,30+/m1/s1. The molecule has 1 spiro atoms. The van der Waals surface area contributed by atoms with Crippen LogP contribution >= 0.6 is 0 Å². The fraction of sp³-hybridized carbons (Fsp3) is 0.667. The number of carbonyl (C=O) groups is 4. The summed E-state index contributed by atoms with van der Waals surface area (Å²) in [5.74, 6) is -2.76. The van der Waals surface area contributed by atoms with E-state index in [-0.39, 0.29) is 25.0 Å². The van der Waals surface area contributed by atoms with Crippen LogP contribution < -0.4 is 0 Å². The number of benzene rings is 1. The molecule has 4 rings (SSSR count). The zero-order valence-corrected chi connectivity index (χ0v) is 24.3. The summed E-state index contributed by atoms with van der Waals surface area (Å²) in [7, 11) is 0. The van der Waals surface area contributed by atoms with Crippen molar-refractivity contribution in [1.82, 2.24) is 0 Å². The predicted molar refractivity (Wildman–Crippen MR) is 141 cm³/mol. The summed E-state index contributed by atoms with van der Waals surface area (Å²) in [5, 5.41) is 0. The average molecular weight is 561 g/mol. The van der Waals surface area contributed by atoms with Crippen molar-refractivity contribution in [3.05, 3.63) is 35.9 Å². The van der Waals surface area contributed by atoms with Gasteiger partial charge in [0.25, 0.3) is 0 Å². The van der Waals surface area contributed by atoms with Crippen LogP contribution in [0.2, 0.25) is 0 Å². The molecule has 2 saturated carbocycles. The second-order valence-electron chi connectivity index (χ2n) is 11.8. The van der Waals surface area contributed by atoms with Gasteiger partial charge in [-0.1, -0.05) is 37.3 Å². The van der Waals surface area contributed by atoms with Gasteiger partial charge in [0.05, 0.1) is 17.8 Å². The predicted octanol–water partition coefficient (Wildman–Crippen LogP) is 3.52. The van der Waals surface area contributed by atoms with Crippen LogP contribution in [0.4, 0.5) is 0 Å². The summed E-state index contributed by atoms with van der Waals surface area (Å²) in [6, 6.07) is 9.47. The van der Waals surface area contributed by atoms with Gasteiger partial charge in [-0.15, -0.1) is 0 Å². The van der Waals surface area contributed by atoms with E-state index >= 15 is 0 Å². The summed E-state index contributed by atoms with van der Waals surface area (Å²) < 4.78 is 37.2. The summed E-state index contributed by atoms with van der Waals surface area (Å²) >= 11 is 0. The number of esters is 4. The Morgan fingerprint density at radius 2 is 1.50 bits per heavy atom. The Morgan fingerprint density at radius 1 is 0.875 bits per heavy atom. The first-order chi connectivity index (χ1) is 18.7. The molecule has 1 heterocycles. The molecule has 0 radical (unpaired) electrons. The highest BCUT2D eigenvalue weighted by Crippen LogP contribution is 2.68. The normalized spacial score (nSPS) is 35.7. The minimum absolute atomic E-state index is 0.133. The first-order valence-corrected chi connectivity index (χ1v) is 13.7. The molecule has 1 aromatic carbocycles. The molecule has 0 unspecified atom stereocenters. The van der Waals surface area contributed by atoms with Gasteiger partial charge >= 0.3 is 23.9 Å². The van der Waals surface area contributed by atoms with Crippen molar-refractivity contribution < 1.29 is 47.6 Å². The highest BCUT2D eigenvalue weighted by molar-refractivity contribution is 5.68. The molecule has 0 N–H and O–H groups in total. The fourth-order valence-corrected chi connectivity index (χ4v) is 7.39. The molecule has 10 nitrogen and oxygen atoms in total. The highest BCUT2D eigenvalue weighted by atomic mass is 16.6. The van der Waals surface area contributed by atoms with Crippen molar-refractivity contribution in [2.45, 2.75) is 104 Å². The van der Waals surface area contributed by atoms with Crippen LogP contribution in [0.1, 0.15) is 66.9 Å². The monoisotopic (exact) mass is 560 g/mol. The van der Waals surface area contributed by atoms with Gasteiger partial charge in [0.2, 0.25) is 0 Å². The average Bonchev–Trinajstić information content (AvgIpc) is 3.11. The quantitative estimate of drug-likeness (QED) is 0.345. The van der Waals surface area contributed by atoms with E-state index in [9.17, 15) is 19.2 Å². The molecule has 220 valence electrons. The Balaban J connectivity index is 1.98. The van der Waals surface area contributed by atoms with Crippen LogP contribution in [0.5, 0.6) is 0 Å². The van der Waals surface area contributed by atoms with Crippen molar-refractivity contribution in [3.63, 3.8) is 0 Å². The maximum absolute atomic E-state index is 12.6. The first kappa shape index (κ1) is 30.0. The summed E-state index contributed by atoms with van der Waals surface area (Å²) in [5.41, 5.74) is -2.36. The minimum Gasteiger partial charge on any atom is -0.465 e. The Kier molecular flexibility index (Phi) is 8.34. The molecule has 1 aromatic rings. The molecule has 1 saturated heterocycles. The van der Waals surface area contributed by atoms with E-state index in [0.29, 0.717) is 12.8 Å². The lowest BCUT2D eigenvalue weighted by Gasteiger charge is -2.63. The molecule has 10 heteroatoms. The smallest absolute Gasteiger partial charge is 0.303 e. The van der Waals surface area contributed by atoms with E-state index in [1.54, 1.807) is 0 Å². The Morgan fingerprint density at radius 3 is 2.08 bits per heavy atom. The molecule has 0 amide bonds. The number of ether oxygens (including phenoxy) is 6. The fourth-order valence-electron chi connectivity index (χ4n) is 7.39. The van der Waals surface area contributed by atoms with E-state index in [1.165, 1.54) is 27.7 Å². The van der Waals surface area contributed by atoms with Crippen LogP contribution in [0.25, 0.3) is 0 Å². The Labute approximate surface area is 234 Å². The lowest BCUT2D eigenvalue weighted by Crippen LogP contribution is -2.76. The second kappa shape index (κ2) is 11.1. The van der Waals surface area contributed by atoms with Gasteiger partial charge in [-0.3, -0.25) is 19.2 Å². The van der Waals surface area contributed by atoms with E-state index in [2.05, 4.69) is 0 Å². The van der Waals surface area contributed by atoms with Crippen molar-refractivity contribution in [2.24, 2.45) is 17.3 Å². The minimum atomic E-state index is -1.40. The zero-order chi connectivity index (χ0) is 29.5. The van der Waals surface area contributed by atoms with Gasteiger partial charge in [0, 0.05) is 33.6 Å². The summed E-state index contributed by atoms with van der Waals surface area (Å²) in [4.78, 5) is 49.7. The molecular weight excluding hydrogens is 520 g/mol. The number of carbonyl (C=O) groups excluding carboxylic acids is 4. The van der Waals surface area contributed by atoms with Gasteiger partial charge in [0.1, 0.15) is 30.3 Å². The van der Waals surface area contributed by atoms with Gasteiger partial charge in [-0.2, -0.15) is 0 Å². The summed E-state index contributed by atoms with van der Waals surface area (Å²) in [6.45, 7) is 10.9. The third kappa shape index (κ3) is 5.23. The Bertz CT molecular complexity index is 1130. The maximum Gasteiger partial charge on any atom is 0.303 e. The third-order valence-electron chi connectivity index (χ3n) is 8.78. The van der Waals surface area contributed by atoms with Crippen LogP contribution in [-0.2, 0) is 54.2 Å². The molecule has 3 fully saturated rings. The molecular formula is C30H40O10. The largest absolute Gasteiger partial charge is 0.465 e. The number of fused-ring (bicyclic) bond motifs is 1. The van der Waals surface area contributed by atoms with Crippen molar-refractivity contribution >= 4 is 23.9 Å². The van der Waals surface area contributed by atoms with Crippen molar-refractivity contribution in [1.29, 1.82) is 0 Å².